The molecule has 2 aromatic rings. The number of aliphatic carboxylic acids is 1. The van der Waals surface area contributed by atoms with Gasteiger partial charge in [0.05, 0.1) is 5.92 Å². The lowest BCUT2D eigenvalue weighted by Gasteiger charge is -2.33. The summed E-state index contributed by atoms with van der Waals surface area (Å²) < 4.78 is 11.0. The van der Waals surface area contributed by atoms with E-state index in [9.17, 15) is 14.7 Å². The molecule has 6 nitrogen and oxygen atoms in total. The van der Waals surface area contributed by atoms with Crippen LogP contribution in [0.1, 0.15) is 27.4 Å². The van der Waals surface area contributed by atoms with E-state index >= 15 is 0 Å². The third-order valence-corrected chi connectivity index (χ3v) is 4.57. The molecule has 0 fully saturated rings. The molecule has 1 N–H and O–H groups in total. The van der Waals surface area contributed by atoms with Crippen LogP contribution in [0.2, 0.25) is 0 Å². The van der Waals surface area contributed by atoms with Crippen molar-refractivity contribution in [1.82, 2.24) is 4.90 Å². The second-order valence-electron chi connectivity index (χ2n) is 6.13. The van der Waals surface area contributed by atoms with Crippen molar-refractivity contribution in [1.29, 1.82) is 0 Å². The van der Waals surface area contributed by atoms with Crippen molar-refractivity contribution in [3.63, 3.8) is 0 Å². The second kappa shape index (κ2) is 6.12. The van der Waals surface area contributed by atoms with E-state index < -0.39 is 11.9 Å². The van der Waals surface area contributed by atoms with Gasteiger partial charge in [-0.3, -0.25) is 9.59 Å². The third kappa shape index (κ3) is 2.80. The van der Waals surface area contributed by atoms with Crippen molar-refractivity contribution in [3.8, 4) is 11.5 Å². The minimum absolute atomic E-state index is 0.152. The standard InChI is InChI=1S/C19H17NO5/c21-18(12-5-6-16-17(9-12)25-8-7-24-16)20-10-13-3-1-2-4-14(13)15(11-20)19(22)23/h1-6,9,15H,7-8,10-11H2,(H,22,23)/t15-/m1/s1. The highest BCUT2D eigenvalue weighted by atomic mass is 16.6. The summed E-state index contributed by atoms with van der Waals surface area (Å²) in [6.07, 6.45) is 0. The van der Waals surface area contributed by atoms with Crippen molar-refractivity contribution in [2.45, 2.75) is 12.5 Å². The Balaban J connectivity index is 1.64. The van der Waals surface area contributed by atoms with Crippen molar-refractivity contribution >= 4 is 11.9 Å². The van der Waals surface area contributed by atoms with E-state index in [1.807, 2.05) is 24.3 Å². The van der Waals surface area contributed by atoms with Gasteiger partial charge in [-0.25, -0.2) is 0 Å². The lowest BCUT2D eigenvalue weighted by atomic mass is 9.89. The number of fused-ring (bicyclic) bond motifs is 2. The van der Waals surface area contributed by atoms with Gasteiger partial charge in [-0.05, 0) is 29.3 Å². The fourth-order valence-electron chi connectivity index (χ4n) is 3.33. The van der Waals surface area contributed by atoms with Gasteiger partial charge in [0.1, 0.15) is 13.2 Å². The first kappa shape index (κ1) is 15.5. The lowest BCUT2D eigenvalue weighted by molar-refractivity contribution is -0.139. The van der Waals surface area contributed by atoms with E-state index in [1.165, 1.54) is 0 Å². The Hall–Kier alpha value is -3.02. The number of hydrogen-bond acceptors (Lipinski definition) is 4. The summed E-state index contributed by atoms with van der Waals surface area (Å²) in [6.45, 7) is 1.49. The summed E-state index contributed by atoms with van der Waals surface area (Å²) in [5.74, 6) is -0.685. The number of ether oxygens (including phenoxy) is 2. The molecule has 1 atom stereocenters. The van der Waals surface area contributed by atoms with Crippen LogP contribution in [-0.2, 0) is 11.3 Å². The van der Waals surface area contributed by atoms with E-state index in [2.05, 4.69) is 0 Å². The molecule has 6 heteroatoms. The lowest BCUT2D eigenvalue weighted by Crippen LogP contribution is -2.40. The Morgan fingerprint density at radius 3 is 2.60 bits per heavy atom. The fraction of sp³-hybridized carbons (Fsp3) is 0.263. The molecule has 0 radical (unpaired) electrons. The first-order valence-corrected chi connectivity index (χ1v) is 8.13. The fourth-order valence-corrected chi connectivity index (χ4v) is 3.33. The number of benzene rings is 2. The molecule has 4 rings (SSSR count). The minimum Gasteiger partial charge on any atom is -0.486 e. The monoisotopic (exact) mass is 339 g/mol. The quantitative estimate of drug-likeness (QED) is 0.908. The molecule has 1 amide bonds. The molecule has 0 saturated heterocycles. The molecule has 0 unspecified atom stereocenters. The van der Waals surface area contributed by atoms with Gasteiger partial charge in [-0.15, -0.1) is 0 Å². The Morgan fingerprint density at radius 2 is 1.80 bits per heavy atom. The normalized spacial score (nSPS) is 18.4. The van der Waals surface area contributed by atoms with Crippen molar-refractivity contribution in [3.05, 3.63) is 59.2 Å². The average molecular weight is 339 g/mol. The zero-order chi connectivity index (χ0) is 17.4. The van der Waals surface area contributed by atoms with Crippen molar-refractivity contribution < 1.29 is 24.2 Å². The molecule has 0 saturated carbocycles. The highest BCUT2D eigenvalue weighted by Crippen LogP contribution is 2.33. The van der Waals surface area contributed by atoms with Gasteiger partial charge in [0, 0.05) is 18.7 Å². The number of nitrogens with zero attached hydrogens (tertiary/aromatic N) is 1. The van der Waals surface area contributed by atoms with Gasteiger partial charge in [-0.1, -0.05) is 24.3 Å². The zero-order valence-electron chi connectivity index (χ0n) is 13.5. The molecular weight excluding hydrogens is 322 g/mol. The van der Waals surface area contributed by atoms with E-state index in [0.717, 1.165) is 11.1 Å². The molecule has 2 aliphatic heterocycles. The smallest absolute Gasteiger partial charge is 0.312 e. The number of amides is 1. The van der Waals surface area contributed by atoms with Crippen LogP contribution < -0.4 is 9.47 Å². The molecule has 0 spiro atoms. The van der Waals surface area contributed by atoms with Crippen LogP contribution in [0.5, 0.6) is 11.5 Å². The number of carbonyl (C=O) groups excluding carboxylic acids is 1. The SMILES string of the molecule is O=C(O)[C@@H]1CN(C(=O)c2ccc3c(c2)OCCO3)Cc2ccccc21. The highest BCUT2D eigenvalue weighted by molar-refractivity contribution is 5.95. The Bertz CT molecular complexity index is 847. The van der Waals surface area contributed by atoms with E-state index in [-0.39, 0.29) is 12.5 Å². The molecule has 2 aliphatic rings. The Labute approximate surface area is 144 Å². The number of carboxylic acid groups (broad SMARTS) is 1. The molecule has 0 aromatic heterocycles. The number of rotatable bonds is 2. The van der Waals surface area contributed by atoms with Gasteiger partial charge >= 0.3 is 5.97 Å². The summed E-state index contributed by atoms with van der Waals surface area (Å²) in [4.78, 5) is 26.1. The van der Waals surface area contributed by atoms with Crippen molar-refractivity contribution in [2.75, 3.05) is 19.8 Å². The summed E-state index contributed by atoms with van der Waals surface area (Å²) >= 11 is 0. The predicted octanol–water partition coefficient (Wildman–Crippen LogP) is 2.28. The first-order valence-electron chi connectivity index (χ1n) is 8.13. The van der Waals surface area contributed by atoms with Crippen LogP contribution in [0.4, 0.5) is 0 Å². The van der Waals surface area contributed by atoms with E-state index in [4.69, 9.17) is 9.47 Å². The van der Waals surface area contributed by atoms with Gasteiger partial charge in [0.25, 0.3) is 5.91 Å². The van der Waals surface area contributed by atoms with Gasteiger partial charge in [0.15, 0.2) is 11.5 Å². The van der Waals surface area contributed by atoms with E-state index in [1.54, 1.807) is 23.1 Å². The molecule has 2 heterocycles. The van der Waals surface area contributed by atoms with Crippen LogP contribution in [0.15, 0.2) is 42.5 Å². The maximum atomic E-state index is 12.9. The summed E-state index contributed by atoms with van der Waals surface area (Å²) in [7, 11) is 0. The zero-order valence-corrected chi connectivity index (χ0v) is 13.5. The van der Waals surface area contributed by atoms with Gasteiger partial charge in [-0.2, -0.15) is 0 Å². The summed E-state index contributed by atoms with van der Waals surface area (Å²) in [5.41, 5.74) is 2.11. The molecule has 25 heavy (non-hydrogen) atoms. The first-order chi connectivity index (χ1) is 12.1. The summed E-state index contributed by atoms with van der Waals surface area (Å²) in [5, 5.41) is 9.54. The second-order valence-corrected chi connectivity index (χ2v) is 6.13. The molecule has 0 bridgehead atoms. The molecule has 0 aliphatic carbocycles. The van der Waals surface area contributed by atoms with Crippen LogP contribution >= 0.6 is 0 Å². The minimum atomic E-state index is -0.924. The third-order valence-electron chi connectivity index (χ3n) is 4.57. The van der Waals surface area contributed by atoms with E-state index in [0.29, 0.717) is 36.8 Å². The molecular formula is C19H17NO5. The molecule has 2 aromatic carbocycles. The van der Waals surface area contributed by atoms with Crippen LogP contribution in [0.25, 0.3) is 0 Å². The average Bonchev–Trinajstić information content (AvgIpc) is 2.66. The van der Waals surface area contributed by atoms with Gasteiger partial charge < -0.3 is 19.5 Å². The number of hydrogen-bond donors (Lipinski definition) is 1. The van der Waals surface area contributed by atoms with Crippen LogP contribution in [0, 0.1) is 0 Å². The Kier molecular flexibility index (Phi) is 3.80. The van der Waals surface area contributed by atoms with Crippen molar-refractivity contribution in [2.24, 2.45) is 0 Å². The maximum Gasteiger partial charge on any atom is 0.312 e. The van der Waals surface area contributed by atoms with Crippen LogP contribution in [0.3, 0.4) is 0 Å². The summed E-state index contributed by atoms with van der Waals surface area (Å²) in [6, 6.07) is 12.4. The predicted molar refractivity (Wildman–Crippen MR) is 89.0 cm³/mol. The topological polar surface area (TPSA) is 76.1 Å². The number of carbonyl (C=O) groups is 2. The van der Waals surface area contributed by atoms with Crippen LogP contribution in [-0.4, -0.2) is 41.6 Å². The maximum absolute atomic E-state index is 12.9. The Morgan fingerprint density at radius 1 is 1.04 bits per heavy atom. The molecule has 128 valence electrons. The van der Waals surface area contributed by atoms with Gasteiger partial charge in [0.2, 0.25) is 0 Å². The number of carboxylic acids is 1. The largest absolute Gasteiger partial charge is 0.486 e. The highest BCUT2D eigenvalue weighted by Gasteiger charge is 2.33.